The summed E-state index contributed by atoms with van der Waals surface area (Å²) in [7, 11) is 1.70. The topological polar surface area (TPSA) is 76.1 Å². The third kappa shape index (κ3) is 3.25. The highest BCUT2D eigenvalue weighted by molar-refractivity contribution is 5.70. The van der Waals surface area contributed by atoms with Gasteiger partial charge in [0.2, 0.25) is 11.2 Å². The number of hydrogen-bond acceptors (Lipinski definition) is 4. The molecule has 8 nitrogen and oxygen atoms in total. The van der Waals surface area contributed by atoms with Gasteiger partial charge in [0.15, 0.2) is 0 Å². The first kappa shape index (κ1) is 20.4. The number of H-pyrrole nitrogens is 1. The maximum Gasteiger partial charge on any atom is 0.364 e. The average molecular weight is 413 g/mol. The van der Waals surface area contributed by atoms with Gasteiger partial charge in [-0.25, -0.2) is 19.2 Å². The number of fused-ring (bicyclic) bond motifs is 3. The van der Waals surface area contributed by atoms with Gasteiger partial charge in [-0.1, -0.05) is 13.0 Å². The SMILES string of the molecule is CCOCCn1c(=O)c2c([nH]c3[n+]2C[C@H](C)CN3c2ccc(C)c(C)c2)n(C)c1=O. The van der Waals surface area contributed by atoms with Gasteiger partial charge in [-0.3, -0.25) is 13.9 Å². The van der Waals surface area contributed by atoms with Crippen LogP contribution in [0.1, 0.15) is 25.0 Å². The number of hydrogen-bond donors (Lipinski definition) is 1. The summed E-state index contributed by atoms with van der Waals surface area (Å²) in [5.74, 6) is 1.18. The van der Waals surface area contributed by atoms with Gasteiger partial charge in [-0.05, 0) is 44.0 Å². The summed E-state index contributed by atoms with van der Waals surface area (Å²) in [4.78, 5) is 31.7. The van der Waals surface area contributed by atoms with E-state index in [9.17, 15) is 9.59 Å². The Morgan fingerprint density at radius 2 is 2.00 bits per heavy atom. The predicted octanol–water partition coefficient (Wildman–Crippen LogP) is 1.76. The van der Waals surface area contributed by atoms with Gasteiger partial charge in [0.05, 0.1) is 26.2 Å². The van der Waals surface area contributed by atoms with Gasteiger partial charge in [0, 0.05) is 19.6 Å². The summed E-state index contributed by atoms with van der Waals surface area (Å²) in [5, 5.41) is 0. The van der Waals surface area contributed by atoms with E-state index < -0.39 is 0 Å². The molecule has 0 unspecified atom stereocenters. The molecule has 0 spiro atoms. The molecule has 0 radical (unpaired) electrons. The van der Waals surface area contributed by atoms with E-state index in [1.54, 1.807) is 7.05 Å². The Kier molecular flexibility index (Phi) is 5.27. The Bertz CT molecular complexity index is 1220. The molecule has 160 valence electrons. The highest BCUT2D eigenvalue weighted by Crippen LogP contribution is 2.29. The summed E-state index contributed by atoms with van der Waals surface area (Å²) in [6.07, 6.45) is 0. The number of aromatic amines is 1. The summed E-state index contributed by atoms with van der Waals surface area (Å²) in [6.45, 7) is 11.0. The second-order valence-electron chi connectivity index (χ2n) is 8.24. The third-order valence-electron chi connectivity index (χ3n) is 5.99. The molecule has 3 heterocycles. The molecule has 1 aromatic carbocycles. The van der Waals surface area contributed by atoms with Gasteiger partial charge in [0.1, 0.15) is 5.69 Å². The van der Waals surface area contributed by atoms with Crippen LogP contribution in [0.25, 0.3) is 11.2 Å². The summed E-state index contributed by atoms with van der Waals surface area (Å²) in [5.41, 5.74) is 4.01. The van der Waals surface area contributed by atoms with Crippen LogP contribution in [0.3, 0.4) is 0 Å². The first-order valence-corrected chi connectivity index (χ1v) is 10.5. The highest BCUT2D eigenvalue weighted by Gasteiger charge is 2.36. The van der Waals surface area contributed by atoms with Crippen LogP contribution in [-0.4, -0.2) is 33.9 Å². The zero-order chi connectivity index (χ0) is 21.6. The Hall–Kier alpha value is -2.87. The van der Waals surface area contributed by atoms with E-state index >= 15 is 0 Å². The molecule has 2 aromatic heterocycles. The maximum atomic E-state index is 13.3. The molecule has 1 aliphatic rings. The van der Waals surface area contributed by atoms with Crippen molar-refractivity contribution in [1.29, 1.82) is 0 Å². The van der Waals surface area contributed by atoms with E-state index in [1.165, 1.54) is 20.3 Å². The number of imidazole rings is 1. The monoisotopic (exact) mass is 412 g/mol. The largest absolute Gasteiger partial charge is 0.380 e. The van der Waals surface area contributed by atoms with Crippen LogP contribution in [0, 0.1) is 19.8 Å². The molecular formula is C22H30N5O3+. The van der Waals surface area contributed by atoms with E-state index in [-0.39, 0.29) is 17.8 Å². The minimum Gasteiger partial charge on any atom is -0.380 e. The lowest BCUT2D eigenvalue weighted by Crippen LogP contribution is -2.52. The molecule has 4 rings (SSSR count). The van der Waals surface area contributed by atoms with Crippen molar-refractivity contribution in [3.05, 3.63) is 50.2 Å². The summed E-state index contributed by atoms with van der Waals surface area (Å²) in [6, 6.07) is 6.39. The van der Waals surface area contributed by atoms with Gasteiger partial charge in [0.25, 0.3) is 5.56 Å². The Balaban J connectivity index is 1.92. The molecule has 0 fully saturated rings. The number of benzene rings is 1. The van der Waals surface area contributed by atoms with Crippen molar-refractivity contribution in [3.63, 3.8) is 0 Å². The number of nitrogens with one attached hydrogen (secondary N) is 1. The lowest BCUT2D eigenvalue weighted by molar-refractivity contribution is -0.669. The van der Waals surface area contributed by atoms with Gasteiger partial charge in [-0.2, -0.15) is 0 Å². The fourth-order valence-corrected chi connectivity index (χ4v) is 4.19. The molecule has 0 bridgehead atoms. The highest BCUT2D eigenvalue weighted by atomic mass is 16.5. The van der Waals surface area contributed by atoms with E-state index in [0.717, 1.165) is 24.7 Å². The molecule has 0 saturated carbocycles. The third-order valence-corrected chi connectivity index (χ3v) is 5.99. The van der Waals surface area contributed by atoms with Crippen LogP contribution in [-0.2, 0) is 24.9 Å². The molecule has 1 N–H and O–H groups in total. The quantitative estimate of drug-likeness (QED) is 0.512. The van der Waals surface area contributed by atoms with Crippen molar-refractivity contribution in [2.24, 2.45) is 13.0 Å². The number of aryl methyl sites for hydroxylation is 3. The molecule has 8 heteroatoms. The standard InChI is InChI=1S/C22H29N5O3/c1-6-30-10-9-25-20(28)18-19(24(5)22(25)29)23-21-26(12-14(2)13-27(18)21)17-8-7-15(3)16(4)11-17/h7-8,11,14H,6,9-10,12-13H2,1-5H3/p+1/t14-/m1/s1. The van der Waals surface area contributed by atoms with E-state index in [1.807, 2.05) is 11.5 Å². The number of rotatable bonds is 5. The Morgan fingerprint density at radius 3 is 2.70 bits per heavy atom. The molecule has 0 aliphatic carbocycles. The zero-order valence-electron chi connectivity index (χ0n) is 18.4. The van der Waals surface area contributed by atoms with E-state index in [2.05, 4.69) is 48.9 Å². The molecule has 1 aliphatic heterocycles. The van der Waals surface area contributed by atoms with Crippen molar-refractivity contribution in [3.8, 4) is 0 Å². The molecule has 0 saturated heterocycles. The smallest absolute Gasteiger partial charge is 0.364 e. The van der Waals surface area contributed by atoms with Crippen LogP contribution < -0.4 is 20.7 Å². The Labute approximate surface area is 175 Å². The second-order valence-corrected chi connectivity index (χ2v) is 8.24. The average Bonchev–Trinajstić information content (AvgIpc) is 3.10. The summed E-state index contributed by atoms with van der Waals surface area (Å²) < 4.78 is 10.2. The van der Waals surface area contributed by atoms with Crippen molar-refractivity contribution in [2.45, 2.75) is 40.8 Å². The van der Waals surface area contributed by atoms with Crippen molar-refractivity contribution < 1.29 is 9.30 Å². The molecule has 3 aromatic rings. The Morgan fingerprint density at radius 1 is 1.23 bits per heavy atom. The van der Waals surface area contributed by atoms with Crippen LogP contribution in [0.2, 0.25) is 0 Å². The fraction of sp³-hybridized carbons (Fsp3) is 0.500. The van der Waals surface area contributed by atoms with Crippen LogP contribution in [0.15, 0.2) is 27.8 Å². The van der Waals surface area contributed by atoms with Crippen molar-refractivity contribution in [2.75, 3.05) is 24.7 Å². The van der Waals surface area contributed by atoms with Crippen molar-refractivity contribution >= 4 is 22.8 Å². The first-order chi connectivity index (χ1) is 14.3. The van der Waals surface area contributed by atoms with E-state index in [0.29, 0.717) is 30.3 Å². The zero-order valence-corrected chi connectivity index (χ0v) is 18.4. The maximum absolute atomic E-state index is 13.3. The fourth-order valence-electron chi connectivity index (χ4n) is 4.19. The summed E-state index contributed by atoms with van der Waals surface area (Å²) >= 11 is 0. The minimum absolute atomic E-state index is 0.242. The molecule has 1 atom stereocenters. The van der Waals surface area contributed by atoms with Gasteiger partial charge >= 0.3 is 11.6 Å². The van der Waals surface area contributed by atoms with Gasteiger partial charge < -0.3 is 4.74 Å². The number of ether oxygens (including phenoxy) is 1. The van der Waals surface area contributed by atoms with Crippen molar-refractivity contribution in [1.82, 2.24) is 14.1 Å². The van der Waals surface area contributed by atoms with Crippen LogP contribution >= 0.6 is 0 Å². The normalized spacial score (nSPS) is 16.3. The van der Waals surface area contributed by atoms with Gasteiger partial charge in [-0.15, -0.1) is 0 Å². The number of anilines is 2. The van der Waals surface area contributed by atoms with Crippen LogP contribution in [0.4, 0.5) is 11.6 Å². The first-order valence-electron chi connectivity index (χ1n) is 10.5. The molecule has 30 heavy (non-hydrogen) atoms. The second kappa shape index (κ2) is 7.75. The molecular weight excluding hydrogens is 382 g/mol. The lowest BCUT2D eigenvalue weighted by Gasteiger charge is -2.26. The minimum atomic E-state index is -0.336. The predicted molar refractivity (Wildman–Crippen MR) is 117 cm³/mol. The molecule has 0 amide bonds. The van der Waals surface area contributed by atoms with E-state index in [4.69, 9.17) is 4.74 Å². The lowest BCUT2D eigenvalue weighted by atomic mass is 10.1. The number of nitrogens with zero attached hydrogens (tertiary/aromatic N) is 4. The van der Waals surface area contributed by atoms with Crippen LogP contribution in [0.5, 0.6) is 0 Å². The number of aromatic nitrogens is 4.